The molecule has 1 fully saturated rings. The van der Waals surface area contributed by atoms with Gasteiger partial charge in [0.2, 0.25) is 11.5 Å². The highest BCUT2D eigenvalue weighted by molar-refractivity contribution is 7.80. The molecule has 238 valence electrons. The molecule has 1 aromatic heterocycles. The molecule has 1 N–H and O–H groups in total. The van der Waals surface area contributed by atoms with Crippen LogP contribution in [0.1, 0.15) is 58.9 Å². The van der Waals surface area contributed by atoms with Crippen molar-refractivity contribution in [3.05, 3.63) is 64.7 Å². The van der Waals surface area contributed by atoms with Crippen molar-refractivity contribution in [3.63, 3.8) is 0 Å². The Morgan fingerprint density at radius 1 is 1.04 bits per heavy atom. The van der Waals surface area contributed by atoms with Gasteiger partial charge < -0.3 is 24.0 Å². The van der Waals surface area contributed by atoms with Gasteiger partial charge >= 0.3 is 5.97 Å². The minimum atomic E-state index is -1.06. The number of carbonyl (C=O) groups excluding carboxylic acids is 4. The third kappa shape index (κ3) is 8.74. The Balaban J connectivity index is 1.42. The highest BCUT2D eigenvalue weighted by Crippen LogP contribution is 2.27. The largest absolute Gasteiger partial charge is 0.497 e. The van der Waals surface area contributed by atoms with Crippen LogP contribution in [0.15, 0.2) is 57.9 Å². The quantitative estimate of drug-likeness (QED) is 0.215. The second-order valence-electron chi connectivity index (χ2n) is 11.7. The molecule has 0 atom stereocenters. The summed E-state index contributed by atoms with van der Waals surface area (Å²) in [5.74, 6) is -1.56. The first-order valence-electron chi connectivity index (χ1n) is 14.2. The Kier molecular flexibility index (Phi) is 10.4. The maximum atomic E-state index is 13.1. The zero-order chi connectivity index (χ0) is 32.9. The number of imide groups is 1. The number of benzene rings is 2. The number of nitrogens with one attached hydrogen (secondary N) is 1. The number of nitrogens with zero attached hydrogens (tertiary/aromatic N) is 2. The molecule has 3 amide bonds. The van der Waals surface area contributed by atoms with E-state index in [0.29, 0.717) is 38.1 Å². The van der Waals surface area contributed by atoms with Gasteiger partial charge in [0, 0.05) is 29.9 Å². The Hall–Kier alpha value is -4.13. The Morgan fingerprint density at radius 3 is 2.36 bits per heavy atom. The predicted molar refractivity (Wildman–Crippen MR) is 170 cm³/mol. The average Bonchev–Trinajstić information content (AvgIpc) is 3.28. The van der Waals surface area contributed by atoms with Crippen LogP contribution in [0.4, 0.5) is 5.69 Å². The summed E-state index contributed by atoms with van der Waals surface area (Å²) in [6.07, 6.45) is 0.176. The van der Waals surface area contributed by atoms with E-state index >= 15 is 0 Å². The molecule has 1 aliphatic heterocycles. The Morgan fingerprint density at radius 2 is 1.71 bits per heavy atom. The SMILES string of the molecule is COc1ccc(N=c2oc3ccc(Cl)cc3cc2C(=S)NC(=O)CC(C)(C)OCCC(C)(C)C(=O)ON2C(=O)CCC2=O)cc1. The fourth-order valence-corrected chi connectivity index (χ4v) is 4.79. The molecule has 4 rings (SSSR count). The summed E-state index contributed by atoms with van der Waals surface area (Å²) in [6, 6.07) is 14.0. The molecule has 1 aliphatic rings. The molecular formula is C32H34ClN3O8S. The smallest absolute Gasteiger partial charge is 0.338 e. The number of halogens is 1. The monoisotopic (exact) mass is 655 g/mol. The van der Waals surface area contributed by atoms with Gasteiger partial charge in [0.1, 0.15) is 16.3 Å². The van der Waals surface area contributed by atoms with E-state index in [4.69, 9.17) is 42.5 Å². The van der Waals surface area contributed by atoms with Crippen molar-refractivity contribution in [3.8, 4) is 5.75 Å². The van der Waals surface area contributed by atoms with Gasteiger partial charge in [0.25, 0.3) is 11.8 Å². The highest BCUT2D eigenvalue weighted by atomic mass is 35.5. The van der Waals surface area contributed by atoms with E-state index in [-0.39, 0.29) is 42.8 Å². The summed E-state index contributed by atoms with van der Waals surface area (Å²) in [5, 5.41) is 4.45. The fourth-order valence-electron chi connectivity index (χ4n) is 4.35. The van der Waals surface area contributed by atoms with Crippen molar-refractivity contribution >= 4 is 69.2 Å². The minimum Gasteiger partial charge on any atom is -0.497 e. The number of thiocarbonyl (C=S) groups is 1. The third-order valence-electron chi connectivity index (χ3n) is 7.05. The molecule has 11 nitrogen and oxygen atoms in total. The molecule has 45 heavy (non-hydrogen) atoms. The van der Waals surface area contributed by atoms with Crippen molar-refractivity contribution in [1.82, 2.24) is 10.4 Å². The lowest BCUT2D eigenvalue weighted by Crippen LogP contribution is -2.40. The normalized spacial score (nSPS) is 14.2. The number of fused-ring (bicyclic) bond motifs is 1. The van der Waals surface area contributed by atoms with E-state index in [1.807, 2.05) is 0 Å². The summed E-state index contributed by atoms with van der Waals surface area (Å²) in [4.78, 5) is 59.1. The molecule has 2 aromatic carbocycles. The lowest BCUT2D eigenvalue weighted by atomic mass is 9.90. The number of carbonyl (C=O) groups is 4. The van der Waals surface area contributed by atoms with E-state index in [1.165, 1.54) is 0 Å². The highest BCUT2D eigenvalue weighted by Gasteiger charge is 2.38. The zero-order valence-electron chi connectivity index (χ0n) is 25.6. The Labute approximate surface area is 270 Å². The molecule has 0 spiro atoms. The standard InChI is InChI=1S/C32H34ClN3O8S/c1-31(2,30(40)44-36-26(38)12-13-27(36)39)14-15-42-32(3,4)18-25(37)35-29(45)23-17-19-16-20(33)6-11-24(19)43-28(23)34-21-7-9-22(41-5)10-8-21/h6-11,16-17H,12-15,18H2,1-5H3,(H,35,37,45). The van der Waals surface area contributed by atoms with E-state index < -0.39 is 34.7 Å². The van der Waals surface area contributed by atoms with Gasteiger partial charge in [-0.1, -0.05) is 23.8 Å². The van der Waals surface area contributed by atoms with Crippen molar-refractivity contribution in [2.24, 2.45) is 10.4 Å². The molecule has 0 unspecified atom stereocenters. The van der Waals surface area contributed by atoms with Gasteiger partial charge in [-0.05, 0) is 82.6 Å². The lowest BCUT2D eigenvalue weighted by molar-refractivity contribution is -0.205. The third-order valence-corrected chi connectivity index (χ3v) is 7.61. The van der Waals surface area contributed by atoms with Crippen LogP contribution in [0.25, 0.3) is 11.0 Å². The maximum absolute atomic E-state index is 13.1. The molecular weight excluding hydrogens is 622 g/mol. The van der Waals surface area contributed by atoms with Gasteiger partial charge in [-0.3, -0.25) is 14.4 Å². The van der Waals surface area contributed by atoms with Crippen LogP contribution in [-0.4, -0.2) is 53.1 Å². The minimum absolute atomic E-state index is 0.0120. The number of hydroxylamine groups is 2. The van der Waals surface area contributed by atoms with Crippen LogP contribution >= 0.6 is 23.8 Å². The molecule has 1 saturated heterocycles. The van der Waals surface area contributed by atoms with Gasteiger partial charge in [0.05, 0.1) is 35.8 Å². The number of ether oxygens (including phenoxy) is 2. The first-order chi connectivity index (χ1) is 21.2. The number of amides is 3. The summed E-state index contributed by atoms with van der Waals surface area (Å²) in [7, 11) is 1.57. The molecule has 2 heterocycles. The topological polar surface area (TPSA) is 137 Å². The van der Waals surface area contributed by atoms with E-state index in [1.54, 1.807) is 83.3 Å². The number of hydrogen-bond acceptors (Lipinski definition) is 10. The molecule has 0 saturated carbocycles. The second-order valence-corrected chi connectivity index (χ2v) is 12.6. The molecule has 3 aromatic rings. The van der Waals surface area contributed by atoms with Crippen LogP contribution in [-0.2, 0) is 28.8 Å². The van der Waals surface area contributed by atoms with Crippen LogP contribution in [0.5, 0.6) is 5.75 Å². The van der Waals surface area contributed by atoms with E-state index in [2.05, 4.69) is 10.3 Å². The van der Waals surface area contributed by atoms with Crippen molar-refractivity contribution in [2.75, 3.05) is 13.7 Å². The fraction of sp³-hybridized carbons (Fsp3) is 0.375. The van der Waals surface area contributed by atoms with E-state index in [0.717, 1.165) is 0 Å². The summed E-state index contributed by atoms with van der Waals surface area (Å²) in [6.45, 7) is 6.82. The Bertz CT molecular complexity index is 1700. The van der Waals surface area contributed by atoms with Gasteiger partial charge in [-0.25, -0.2) is 9.79 Å². The molecule has 0 radical (unpaired) electrons. The molecule has 0 aliphatic carbocycles. The molecule has 0 bridgehead atoms. The van der Waals surface area contributed by atoms with Crippen molar-refractivity contribution < 1.29 is 37.9 Å². The first kappa shape index (κ1) is 33.8. The zero-order valence-corrected chi connectivity index (χ0v) is 27.2. The van der Waals surface area contributed by atoms with Gasteiger partial charge in [0.15, 0.2) is 0 Å². The average molecular weight is 656 g/mol. The number of rotatable bonds is 11. The van der Waals surface area contributed by atoms with Crippen LogP contribution < -0.4 is 15.6 Å². The van der Waals surface area contributed by atoms with E-state index in [9.17, 15) is 19.2 Å². The second kappa shape index (κ2) is 13.9. The van der Waals surface area contributed by atoms with Crippen LogP contribution in [0.3, 0.4) is 0 Å². The van der Waals surface area contributed by atoms with Crippen molar-refractivity contribution in [2.45, 2.75) is 59.0 Å². The number of methoxy groups -OCH3 is 1. The summed E-state index contributed by atoms with van der Waals surface area (Å²) in [5.41, 5.74) is -0.291. The summed E-state index contributed by atoms with van der Waals surface area (Å²) >= 11 is 11.8. The van der Waals surface area contributed by atoms with Crippen LogP contribution in [0, 0.1) is 5.41 Å². The number of hydrogen-bond donors (Lipinski definition) is 1. The van der Waals surface area contributed by atoms with Gasteiger partial charge in [-0.15, -0.1) is 5.06 Å². The molecule has 13 heteroatoms. The summed E-state index contributed by atoms with van der Waals surface area (Å²) < 4.78 is 17.2. The van der Waals surface area contributed by atoms with Gasteiger partial charge in [-0.2, -0.15) is 0 Å². The van der Waals surface area contributed by atoms with Crippen LogP contribution in [0.2, 0.25) is 5.02 Å². The van der Waals surface area contributed by atoms with Crippen molar-refractivity contribution in [1.29, 1.82) is 0 Å². The lowest BCUT2D eigenvalue weighted by Gasteiger charge is -2.28. The first-order valence-corrected chi connectivity index (χ1v) is 14.9. The maximum Gasteiger partial charge on any atom is 0.338 e. The predicted octanol–water partition coefficient (Wildman–Crippen LogP) is 5.33.